The van der Waals surface area contributed by atoms with Gasteiger partial charge in [0.05, 0.1) is 16.7 Å². The third kappa shape index (κ3) is 4.75. The van der Waals surface area contributed by atoms with Gasteiger partial charge in [0.25, 0.3) is 0 Å². The number of hydrogen-bond donors (Lipinski definition) is 0. The topological polar surface area (TPSA) is 24.6 Å². The lowest BCUT2D eigenvalue weighted by Gasteiger charge is -2.42. The van der Waals surface area contributed by atoms with Crippen LogP contribution < -0.4 is 20.6 Å². The minimum atomic E-state index is -0.146. The van der Waals surface area contributed by atoms with Crippen LogP contribution in [0.2, 0.25) is 0 Å². The number of anilines is 5. The van der Waals surface area contributed by atoms with Crippen LogP contribution in [0, 0.1) is 6.92 Å². The molecule has 13 rings (SSSR count). The maximum atomic E-state index is 6.79. The van der Waals surface area contributed by atoms with E-state index in [4.69, 9.17) is 4.42 Å². The number of rotatable bonds is 5. The summed E-state index contributed by atoms with van der Waals surface area (Å²) in [5.74, 6) is 0.868. The average molecular weight is 766 g/mol. The summed E-state index contributed by atoms with van der Waals surface area (Å²) in [7, 11) is 0. The van der Waals surface area contributed by atoms with Crippen molar-refractivity contribution < 1.29 is 4.42 Å². The van der Waals surface area contributed by atoms with Gasteiger partial charge in [-0.25, -0.2) is 0 Å². The second-order valence-electron chi connectivity index (χ2n) is 16.2. The number of fused-ring (bicyclic) bond motifs is 10. The van der Waals surface area contributed by atoms with Crippen molar-refractivity contribution in [3.63, 3.8) is 0 Å². The van der Waals surface area contributed by atoms with Crippen LogP contribution >= 0.6 is 0 Å². The molecule has 2 aliphatic heterocycles. The Kier molecular flexibility index (Phi) is 6.99. The van der Waals surface area contributed by atoms with E-state index >= 15 is 0 Å². The summed E-state index contributed by atoms with van der Waals surface area (Å²) in [4.78, 5) is 5.03. The summed E-state index contributed by atoms with van der Waals surface area (Å²) in [6.45, 7) is 2.02. The van der Waals surface area contributed by atoms with E-state index in [0.29, 0.717) is 0 Å². The normalized spacial score (nSPS) is 12.7. The third-order valence-corrected chi connectivity index (χ3v) is 12.7. The molecule has 0 radical (unpaired) electrons. The molecule has 11 aromatic rings. The molecule has 280 valence electrons. The first-order valence-corrected chi connectivity index (χ1v) is 20.7. The number of furan rings is 1. The number of para-hydroxylation sites is 3. The van der Waals surface area contributed by atoms with E-state index in [2.05, 4.69) is 221 Å². The fourth-order valence-corrected chi connectivity index (χ4v) is 10.1. The Morgan fingerprint density at radius 2 is 1.18 bits per heavy atom. The Morgan fingerprint density at radius 1 is 0.533 bits per heavy atom. The predicted molar refractivity (Wildman–Crippen MR) is 252 cm³/mol. The van der Waals surface area contributed by atoms with Crippen molar-refractivity contribution in [2.45, 2.75) is 6.92 Å². The van der Waals surface area contributed by atoms with Crippen LogP contribution in [0.25, 0.3) is 71.7 Å². The second kappa shape index (κ2) is 12.6. The summed E-state index contributed by atoms with van der Waals surface area (Å²) < 4.78 is 9.37. The largest absolute Gasteiger partial charge is 0.456 e. The van der Waals surface area contributed by atoms with Crippen molar-refractivity contribution in [3.05, 3.63) is 206 Å². The molecule has 4 heterocycles. The average Bonchev–Trinajstić information content (AvgIpc) is 3.88. The van der Waals surface area contributed by atoms with Crippen LogP contribution in [0.3, 0.4) is 0 Å². The molecule has 60 heavy (non-hydrogen) atoms. The van der Waals surface area contributed by atoms with Crippen LogP contribution in [0.4, 0.5) is 28.4 Å². The van der Waals surface area contributed by atoms with Gasteiger partial charge < -0.3 is 18.7 Å². The first-order chi connectivity index (χ1) is 29.7. The summed E-state index contributed by atoms with van der Waals surface area (Å²) in [5, 5.41) is 5.98. The predicted octanol–water partition coefficient (Wildman–Crippen LogP) is 13.4. The lowest BCUT2D eigenvalue weighted by molar-refractivity contribution is 0.632. The van der Waals surface area contributed by atoms with Crippen molar-refractivity contribution in [3.8, 4) is 28.1 Å². The molecule has 0 aliphatic carbocycles. The van der Waals surface area contributed by atoms with Gasteiger partial charge in [-0.3, -0.25) is 0 Å². The SMILES string of the molecule is Cc1ccc(N2B3c4cc5oc(-c6ccccc6)cc5cc4-n4c5cc6ccccc6cc5c5c(N(c6ccccc6)c6ccccc6)cc(c3c54)-c3ccccc32)cc1. The lowest BCUT2D eigenvalue weighted by Crippen LogP contribution is -2.60. The number of aromatic nitrogens is 1. The van der Waals surface area contributed by atoms with Crippen LogP contribution in [-0.4, -0.2) is 11.4 Å². The number of nitrogens with zero attached hydrogens (tertiary/aromatic N) is 3. The van der Waals surface area contributed by atoms with E-state index in [1.54, 1.807) is 0 Å². The zero-order valence-electron chi connectivity index (χ0n) is 32.9. The molecule has 0 spiro atoms. The Bertz CT molecular complexity index is 3460. The zero-order valence-corrected chi connectivity index (χ0v) is 32.9. The van der Waals surface area contributed by atoms with Crippen molar-refractivity contribution >= 4 is 89.8 Å². The highest BCUT2D eigenvalue weighted by atomic mass is 16.3. The molecule has 0 N–H and O–H groups in total. The first kappa shape index (κ1) is 33.2. The minimum absolute atomic E-state index is 0.146. The van der Waals surface area contributed by atoms with Gasteiger partial charge in [0.15, 0.2) is 0 Å². The molecule has 5 heteroatoms. The summed E-state index contributed by atoms with van der Waals surface area (Å²) in [5.41, 5.74) is 17.4. The van der Waals surface area contributed by atoms with Crippen LogP contribution in [0.15, 0.2) is 205 Å². The molecule has 0 fully saturated rings. The van der Waals surface area contributed by atoms with E-state index in [1.807, 2.05) is 0 Å². The maximum Gasteiger partial charge on any atom is 0.333 e. The number of aryl methyl sites for hydroxylation is 1. The van der Waals surface area contributed by atoms with Gasteiger partial charge in [0, 0.05) is 55.7 Å². The summed E-state index contributed by atoms with van der Waals surface area (Å²) in [6, 6.07) is 73.1. The highest BCUT2D eigenvalue weighted by Gasteiger charge is 2.45. The molecular weight excluding hydrogens is 729 g/mol. The van der Waals surface area contributed by atoms with Gasteiger partial charge in [0.2, 0.25) is 0 Å². The van der Waals surface area contributed by atoms with E-state index in [0.717, 1.165) is 45.0 Å². The Hall–Kier alpha value is -7.76. The third-order valence-electron chi connectivity index (χ3n) is 12.7. The highest BCUT2D eigenvalue weighted by molar-refractivity contribution is 6.94. The fourth-order valence-electron chi connectivity index (χ4n) is 10.1. The summed E-state index contributed by atoms with van der Waals surface area (Å²) >= 11 is 0. The summed E-state index contributed by atoms with van der Waals surface area (Å²) in [6.07, 6.45) is 0. The van der Waals surface area contributed by atoms with E-state index in [-0.39, 0.29) is 6.85 Å². The van der Waals surface area contributed by atoms with Gasteiger partial charge in [-0.15, -0.1) is 0 Å². The highest BCUT2D eigenvalue weighted by Crippen LogP contribution is 2.51. The molecule has 9 aromatic carbocycles. The molecule has 0 atom stereocenters. The lowest BCUT2D eigenvalue weighted by atomic mass is 9.44. The Balaban J connectivity index is 1.24. The number of hydrogen-bond acceptors (Lipinski definition) is 3. The minimum Gasteiger partial charge on any atom is -0.456 e. The van der Waals surface area contributed by atoms with Gasteiger partial charge in [0.1, 0.15) is 11.3 Å². The monoisotopic (exact) mass is 765 g/mol. The number of benzene rings is 9. The molecular formula is C55H36BN3O. The van der Waals surface area contributed by atoms with Gasteiger partial charge in [-0.2, -0.15) is 0 Å². The molecule has 4 nitrogen and oxygen atoms in total. The van der Waals surface area contributed by atoms with Crippen molar-refractivity contribution in [2.24, 2.45) is 0 Å². The van der Waals surface area contributed by atoms with Crippen LogP contribution in [0.1, 0.15) is 5.56 Å². The van der Waals surface area contributed by atoms with Crippen molar-refractivity contribution in [1.29, 1.82) is 0 Å². The first-order valence-electron chi connectivity index (χ1n) is 20.7. The Morgan fingerprint density at radius 3 is 1.92 bits per heavy atom. The van der Waals surface area contributed by atoms with Crippen LogP contribution in [-0.2, 0) is 0 Å². The smallest absolute Gasteiger partial charge is 0.333 e. The maximum absolute atomic E-state index is 6.79. The van der Waals surface area contributed by atoms with Gasteiger partial charge >= 0.3 is 6.85 Å². The quantitative estimate of drug-likeness (QED) is 0.163. The van der Waals surface area contributed by atoms with Crippen molar-refractivity contribution in [2.75, 3.05) is 9.71 Å². The van der Waals surface area contributed by atoms with E-state index in [9.17, 15) is 0 Å². The van der Waals surface area contributed by atoms with E-state index < -0.39 is 0 Å². The van der Waals surface area contributed by atoms with E-state index in [1.165, 1.54) is 71.6 Å². The molecule has 0 amide bonds. The molecule has 2 aliphatic rings. The molecule has 0 bridgehead atoms. The van der Waals surface area contributed by atoms with Crippen LogP contribution in [0.5, 0.6) is 0 Å². The fraction of sp³-hybridized carbons (Fsp3) is 0.0182. The van der Waals surface area contributed by atoms with Crippen molar-refractivity contribution in [1.82, 2.24) is 4.57 Å². The standard InChI is InChI=1S/C55H36BN3O/c1-35-25-27-42(28-26-35)59-47-24-14-13-23-43(47)44-33-50(57(40-19-7-3-8-20-40)41-21-9-4-10-22-41)53-45-29-37-17-11-12-18-38(37)30-48(45)58-49-31-39-32-51(36-15-5-2-6-16-36)60-52(39)34-46(49)56(59)54(44)55(53)58/h2-34H,1H3. The molecule has 0 unspecified atom stereocenters. The second-order valence-corrected chi connectivity index (χ2v) is 16.2. The zero-order chi connectivity index (χ0) is 39.5. The van der Waals surface area contributed by atoms with Gasteiger partial charge in [-0.1, -0.05) is 127 Å². The van der Waals surface area contributed by atoms with Gasteiger partial charge in [-0.05, 0) is 113 Å². The molecule has 2 aromatic heterocycles. The molecule has 0 saturated carbocycles. The Labute approximate surface area is 347 Å². The molecule has 0 saturated heterocycles.